The summed E-state index contributed by atoms with van der Waals surface area (Å²) in [4.78, 5) is 1.34. The number of aromatic nitrogens is 3. The van der Waals surface area contributed by atoms with E-state index in [9.17, 15) is 0 Å². The number of aryl methyl sites for hydroxylation is 1. The number of halogens is 1. The Labute approximate surface area is 107 Å². The summed E-state index contributed by atoms with van der Waals surface area (Å²) in [6.45, 7) is 1.83. The van der Waals surface area contributed by atoms with Gasteiger partial charge in [-0.25, -0.2) is 0 Å². The molecule has 0 aliphatic heterocycles. The van der Waals surface area contributed by atoms with Crippen molar-refractivity contribution in [3.63, 3.8) is 0 Å². The molecule has 6 heteroatoms. The minimum absolute atomic E-state index is 0.906. The van der Waals surface area contributed by atoms with Crippen molar-refractivity contribution in [3.8, 4) is 0 Å². The summed E-state index contributed by atoms with van der Waals surface area (Å²) in [6.07, 6.45) is 2.63. The van der Waals surface area contributed by atoms with Crippen LogP contribution in [0.1, 0.15) is 10.7 Å². The molecule has 2 aromatic heterocycles. The summed E-state index contributed by atoms with van der Waals surface area (Å²) in [5, 5.41) is 11.3. The first-order valence-electron chi connectivity index (χ1n) is 5.03. The molecule has 0 bridgehead atoms. The van der Waals surface area contributed by atoms with Gasteiger partial charge in [-0.1, -0.05) is 0 Å². The van der Waals surface area contributed by atoms with E-state index in [2.05, 4.69) is 43.6 Å². The van der Waals surface area contributed by atoms with E-state index in [1.54, 1.807) is 17.7 Å². The molecule has 0 unspecified atom stereocenters. The number of nitrogens with zero attached hydrogens (tertiary/aromatic N) is 3. The van der Waals surface area contributed by atoms with E-state index in [0.717, 1.165) is 25.3 Å². The SMILES string of the molecule is Cn1cnnc1CCNCc1ccc(Br)s1. The minimum Gasteiger partial charge on any atom is -0.321 e. The molecule has 0 saturated heterocycles. The predicted molar refractivity (Wildman–Crippen MR) is 68.4 cm³/mol. The van der Waals surface area contributed by atoms with Gasteiger partial charge in [-0.2, -0.15) is 0 Å². The van der Waals surface area contributed by atoms with Crippen molar-refractivity contribution in [2.24, 2.45) is 7.05 Å². The zero-order chi connectivity index (χ0) is 11.4. The molecular formula is C10H13BrN4S. The first-order chi connectivity index (χ1) is 7.75. The largest absolute Gasteiger partial charge is 0.321 e. The molecule has 0 aromatic carbocycles. The third-order valence-electron chi connectivity index (χ3n) is 2.26. The predicted octanol–water partition coefficient (Wildman–Crippen LogP) is 1.97. The second-order valence-corrected chi connectivity index (χ2v) is 6.04. The van der Waals surface area contributed by atoms with E-state index in [1.165, 1.54) is 8.66 Å². The number of hydrogen-bond acceptors (Lipinski definition) is 4. The molecule has 2 heterocycles. The molecule has 0 aliphatic carbocycles. The van der Waals surface area contributed by atoms with Crippen LogP contribution in [0, 0.1) is 0 Å². The van der Waals surface area contributed by atoms with Crippen LogP contribution in [-0.4, -0.2) is 21.3 Å². The Morgan fingerprint density at radius 3 is 3.00 bits per heavy atom. The fourth-order valence-electron chi connectivity index (χ4n) is 1.39. The van der Waals surface area contributed by atoms with E-state index >= 15 is 0 Å². The highest BCUT2D eigenvalue weighted by Crippen LogP contribution is 2.21. The molecule has 4 nitrogen and oxygen atoms in total. The van der Waals surface area contributed by atoms with Crippen LogP contribution in [0.2, 0.25) is 0 Å². The van der Waals surface area contributed by atoms with Gasteiger partial charge in [-0.15, -0.1) is 21.5 Å². The molecule has 2 aromatic rings. The molecule has 0 amide bonds. The van der Waals surface area contributed by atoms with E-state index in [-0.39, 0.29) is 0 Å². The van der Waals surface area contributed by atoms with Gasteiger partial charge in [-0.3, -0.25) is 0 Å². The lowest BCUT2D eigenvalue weighted by atomic mass is 10.4. The van der Waals surface area contributed by atoms with Crippen molar-refractivity contribution in [1.82, 2.24) is 20.1 Å². The molecule has 0 spiro atoms. The quantitative estimate of drug-likeness (QED) is 0.859. The lowest BCUT2D eigenvalue weighted by Gasteiger charge is -2.02. The molecule has 0 fully saturated rings. The Morgan fingerprint density at radius 1 is 1.50 bits per heavy atom. The van der Waals surface area contributed by atoms with E-state index in [1.807, 2.05) is 11.6 Å². The van der Waals surface area contributed by atoms with Crippen LogP contribution in [0.4, 0.5) is 0 Å². The maximum Gasteiger partial charge on any atom is 0.133 e. The zero-order valence-electron chi connectivity index (χ0n) is 8.98. The highest BCUT2D eigenvalue weighted by molar-refractivity contribution is 9.11. The second-order valence-electron chi connectivity index (χ2n) is 3.49. The van der Waals surface area contributed by atoms with Gasteiger partial charge in [0.2, 0.25) is 0 Å². The third kappa shape index (κ3) is 3.13. The van der Waals surface area contributed by atoms with Crippen LogP contribution in [0.25, 0.3) is 0 Å². The van der Waals surface area contributed by atoms with Gasteiger partial charge in [0, 0.05) is 31.4 Å². The summed E-state index contributed by atoms with van der Waals surface area (Å²) >= 11 is 5.21. The van der Waals surface area contributed by atoms with Gasteiger partial charge in [-0.05, 0) is 28.1 Å². The first-order valence-corrected chi connectivity index (χ1v) is 6.64. The summed E-state index contributed by atoms with van der Waals surface area (Å²) < 4.78 is 3.13. The normalized spacial score (nSPS) is 10.9. The van der Waals surface area contributed by atoms with Gasteiger partial charge in [0.25, 0.3) is 0 Å². The van der Waals surface area contributed by atoms with Crippen LogP contribution >= 0.6 is 27.3 Å². The molecule has 0 aliphatic rings. The van der Waals surface area contributed by atoms with E-state index < -0.39 is 0 Å². The van der Waals surface area contributed by atoms with Gasteiger partial charge < -0.3 is 9.88 Å². The van der Waals surface area contributed by atoms with Crippen molar-refractivity contribution in [2.75, 3.05) is 6.54 Å². The van der Waals surface area contributed by atoms with Crippen molar-refractivity contribution in [1.29, 1.82) is 0 Å². The molecule has 2 rings (SSSR count). The molecule has 0 radical (unpaired) electrons. The highest BCUT2D eigenvalue weighted by Gasteiger charge is 2.00. The smallest absolute Gasteiger partial charge is 0.133 e. The Bertz CT molecular complexity index is 451. The molecule has 1 N–H and O–H groups in total. The molecular weight excluding hydrogens is 288 g/mol. The maximum atomic E-state index is 4.03. The topological polar surface area (TPSA) is 42.7 Å². The summed E-state index contributed by atoms with van der Waals surface area (Å²) in [7, 11) is 1.96. The van der Waals surface area contributed by atoms with Crippen molar-refractivity contribution in [3.05, 3.63) is 32.9 Å². The van der Waals surface area contributed by atoms with Crippen LogP contribution in [0.15, 0.2) is 22.2 Å². The Hall–Kier alpha value is -0.720. The fourth-order valence-corrected chi connectivity index (χ4v) is 2.84. The van der Waals surface area contributed by atoms with Crippen molar-refractivity contribution < 1.29 is 0 Å². The third-order valence-corrected chi connectivity index (χ3v) is 3.88. The van der Waals surface area contributed by atoms with Crippen LogP contribution in [0.5, 0.6) is 0 Å². The zero-order valence-corrected chi connectivity index (χ0v) is 11.4. The second kappa shape index (κ2) is 5.56. The summed E-state index contributed by atoms with van der Waals surface area (Å²) in [5.41, 5.74) is 0. The average molecular weight is 301 g/mol. The Morgan fingerprint density at radius 2 is 2.38 bits per heavy atom. The first kappa shape index (κ1) is 11.8. The number of thiophene rings is 1. The van der Waals surface area contributed by atoms with Crippen LogP contribution in [0.3, 0.4) is 0 Å². The number of nitrogens with one attached hydrogen (secondary N) is 1. The maximum absolute atomic E-state index is 4.03. The lowest BCUT2D eigenvalue weighted by Crippen LogP contribution is -2.17. The highest BCUT2D eigenvalue weighted by atomic mass is 79.9. The fraction of sp³-hybridized carbons (Fsp3) is 0.400. The molecule has 16 heavy (non-hydrogen) atoms. The van der Waals surface area contributed by atoms with Gasteiger partial charge >= 0.3 is 0 Å². The minimum atomic E-state index is 0.906. The summed E-state index contributed by atoms with van der Waals surface area (Å²) in [6, 6.07) is 4.20. The van der Waals surface area contributed by atoms with Crippen molar-refractivity contribution in [2.45, 2.75) is 13.0 Å². The summed E-state index contributed by atoms with van der Waals surface area (Å²) in [5.74, 6) is 1.01. The van der Waals surface area contributed by atoms with Crippen molar-refractivity contribution >= 4 is 27.3 Å². The molecule has 0 atom stereocenters. The average Bonchev–Trinajstić information content (AvgIpc) is 2.83. The lowest BCUT2D eigenvalue weighted by molar-refractivity contribution is 0.658. The Balaban J connectivity index is 1.71. The van der Waals surface area contributed by atoms with Gasteiger partial charge in [0.1, 0.15) is 12.2 Å². The standard InChI is InChI=1S/C10H13BrN4S/c1-15-7-13-14-10(15)4-5-12-6-8-2-3-9(11)16-8/h2-3,7,12H,4-6H2,1H3. The number of hydrogen-bond donors (Lipinski definition) is 1. The number of rotatable bonds is 5. The van der Waals surface area contributed by atoms with Gasteiger partial charge in [0.15, 0.2) is 0 Å². The van der Waals surface area contributed by atoms with Gasteiger partial charge in [0.05, 0.1) is 3.79 Å². The van der Waals surface area contributed by atoms with E-state index in [0.29, 0.717) is 0 Å². The monoisotopic (exact) mass is 300 g/mol. The van der Waals surface area contributed by atoms with Crippen LogP contribution in [-0.2, 0) is 20.0 Å². The van der Waals surface area contributed by atoms with E-state index in [4.69, 9.17) is 0 Å². The van der Waals surface area contributed by atoms with Crippen LogP contribution < -0.4 is 5.32 Å². The Kier molecular flexibility index (Phi) is 4.09. The molecule has 0 saturated carbocycles. The molecule has 86 valence electrons.